The van der Waals surface area contributed by atoms with Crippen LogP contribution in [0, 0.1) is 5.82 Å². The van der Waals surface area contributed by atoms with Gasteiger partial charge in [0.25, 0.3) is 0 Å². The highest BCUT2D eigenvalue weighted by Gasteiger charge is 2.22. The fourth-order valence-electron chi connectivity index (χ4n) is 2.58. The number of amides is 1. The third-order valence-electron chi connectivity index (χ3n) is 4.32. The first-order valence-electron chi connectivity index (χ1n) is 9.08. The maximum Gasteiger partial charge on any atom is 0.244 e. The number of carbonyl (C=O) groups is 1. The van der Waals surface area contributed by atoms with E-state index in [1.807, 2.05) is 0 Å². The lowest BCUT2D eigenvalue weighted by molar-refractivity contribution is -0.115. The van der Waals surface area contributed by atoms with Crippen molar-refractivity contribution in [3.8, 4) is 11.3 Å². The molecule has 1 atom stereocenters. The zero-order valence-electron chi connectivity index (χ0n) is 16.9. The van der Waals surface area contributed by atoms with Gasteiger partial charge in [-0.3, -0.25) is 4.79 Å². The third-order valence-corrected chi connectivity index (χ3v) is 7.62. The normalized spacial score (nSPS) is 12.7. The molecule has 0 spiro atoms. The van der Waals surface area contributed by atoms with Crippen molar-refractivity contribution in [3.63, 3.8) is 0 Å². The Bertz CT molecular complexity index is 1200. The Morgan fingerprint density at radius 1 is 1.23 bits per heavy atom. The number of hydrogen-bond donors (Lipinski definition) is 2. The summed E-state index contributed by atoms with van der Waals surface area (Å²) in [6.45, 7) is 1.70. The molecule has 0 saturated heterocycles. The summed E-state index contributed by atoms with van der Waals surface area (Å²) in [4.78, 5) is 19.9. The number of carbonyl (C=O) groups excluding carboxylic acids is 1. The quantitative estimate of drug-likeness (QED) is 0.491. The van der Waals surface area contributed by atoms with Crippen LogP contribution < -0.4 is 5.32 Å². The van der Waals surface area contributed by atoms with E-state index in [1.54, 1.807) is 25.3 Å². The molecule has 1 aromatic heterocycles. The Labute approximate surface area is 189 Å². The van der Waals surface area contributed by atoms with Crippen LogP contribution in [0.2, 0.25) is 5.02 Å². The topological polar surface area (TPSA) is 95.2 Å². The highest BCUT2D eigenvalue weighted by Crippen LogP contribution is 2.28. The van der Waals surface area contributed by atoms with Crippen molar-refractivity contribution in [2.24, 2.45) is 0 Å². The first-order valence-corrected chi connectivity index (χ1v) is 11.8. The standard InChI is InChI=1S/C20H20ClFN4O3S2/c1-12(30-20-23-11-17(25-20)13-4-6-14(22)7-5-13)19(27)24-15-8-9-16(21)18(10-15)31(28,29)26(2)3/h4-12H,1-3H3,(H,23,25)(H,24,27). The van der Waals surface area contributed by atoms with Crippen LogP contribution in [0.5, 0.6) is 0 Å². The van der Waals surface area contributed by atoms with Crippen molar-refractivity contribution in [1.82, 2.24) is 14.3 Å². The lowest BCUT2D eigenvalue weighted by atomic mass is 10.2. The van der Waals surface area contributed by atoms with Crippen LogP contribution in [-0.4, -0.2) is 47.9 Å². The molecule has 3 rings (SSSR count). The van der Waals surface area contributed by atoms with Crippen LogP contribution in [-0.2, 0) is 14.8 Å². The number of aromatic nitrogens is 2. The number of nitrogens with one attached hydrogen (secondary N) is 2. The maximum atomic E-state index is 13.1. The molecule has 0 bridgehead atoms. The summed E-state index contributed by atoms with van der Waals surface area (Å²) >= 11 is 7.24. The van der Waals surface area contributed by atoms with Crippen LogP contribution in [0.3, 0.4) is 0 Å². The number of nitrogens with zero attached hydrogens (tertiary/aromatic N) is 2. The molecule has 1 amide bonds. The minimum atomic E-state index is -3.75. The van der Waals surface area contributed by atoms with Crippen molar-refractivity contribution in [2.45, 2.75) is 22.2 Å². The molecule has 0 saturated carbocycles. The van der Waals surface area contributed by atoms with E-state index < -0.39 is 15.3 Å². The third kappa shape index (κ3) is 5.45. The highest BCUT2D eigenvalue weighted by molar-refractivity contribution is 8.00. The molecule has 1 unspecified atom stereocenters. The summed E-state index contributed by atoms with van der Waals surface area (Å²) in [6.07, 6.45) is 1.61. The second-order valence-corrected chi connectivity index (χ2v) is 10.6. The SMILES string of the molecule is CC(Sc1ncc(-c2ccc(F)cc2)[nH]1)C(=O)Nc1ccc(Cl)c(S(=O)(=O)N(C)C)c1. The van der Waals surface area contributed by atoms with Gasteiger partial charge in [0.1, 0.15) is 10.7 Å². The molecule has 7 nitrogen and oxygen atoms in total. The van der Waals surface area contributed by atoms with E-state index in [9.17, 15) is 17.6 Å². The van der Waals surface area contributed by atoms with E-state index in [1.165, 1.54) is 56.2 Å². The predicted molar refractivity (Wildman–Crippen MR) is 120 cm³/mol. The van der Waals surface area contributed by atoms with E-state index in [2.05, 4.69) is 15.3 Å². The Morgan fingerprint density at radius 2 is 1.90 bits per heavy atom. The number of aromatic amines is 1. The van der Waals surface area contributed by atoms with Gasteiger partial charge in [-0.2, -0.15) is 0 Å². The van der Waals surface area contributed by atoms with Gasteiger partial charge in [0, 0.05) is 19.8 Å². The van der Waals surface area contributed by atoms with Gasteiger partial charge in [-0.05, 0) is 55.0 Å². The minimum absolute atomic E-state index is 0.0676. The minimum Gasteiger partial charge on any atom is -0.333 e. The molecule has 164 valence electrons. The van der Waals surface area contributed by atoms with E-state index >= 15 is 0 Å². The summed E-state index contributed by atoms with van der Waals surface area (Å²) in [5, 5.41) is 2.76. The zero-order chi connectivity index (χ0) is 22.8. The lowest BCUT2D eigenvalue weighted by Crippen LogP contribution is -2.24. The first-order chi connectivity index (χ1) is 14.6. The van der Waals surface area contributed by atoms with Crippen LogP contribution in [0.1, 0.15) is 6.92 Å². The fraction of sp³-hybridized carbons (Fsp3) is 0.200. The monoisotopic (exact) mass is 482 g/mol. The van der Waals surface area contributed by atoms with Gasteiger partial charge in [0.2, 0.25) is 15.9 Å². The number of halogens is 2. The van der Waals surface area contributed by atoms with Gasteiger partial charge >= 0.3 is 0 Å². The number of thioether (sulfide) groups is 1. The second kappa shape index (κ2) is 9.39. The van der Waals surface area contributed by atoms with E-state index in [4.69, 9.17) is 11.6 Å². The predicted octanol–water partition coefficient (Wildman–Crippen LogP) is 4.24. The van der Waals surface area contributed by atoms with Gasteiger partial charge in [0.15, 0.2) is 5.16 Å². The fourth-order valence-corrected chi connectivity index (χ4v) is 4.76. The Morgan fingerprint density at radius 3 is 2.55 bits per heavy atom. The van der Waals surface area contributed by atoms with E-state index in [0.29, 0.717) is 16.5 Å². The van der Waals surface area contributed by atoms with E-state index in [-0.39, 0.29) is 21.6 Å². The molecule has 1 heterocycles. The average molecular weight is 483 g/mol. The van der Waals surface area contributed by atoms with Crippen LogP contribution >= 0.6 is 23.4 Å². The summed E-state index contributed by atoms with van der Waals surface area (Å²) in [5.41, 5.74) is 1.79. The van der Waals surface area contributed by atoms with Crippen molar-refractivity contribution >= 4 is 45.0 Å². The van der Waals surface area contributed by atoms with Crippen molar-refractivity contribution in [1.29, 1.82) is 0 Å². The molecule has 0 fully saturated rings. The van der Waals surface area contributed by atoms with Gasteiger partial charge < -0.3 is 10.3 Å². The number of hydrogen-bond acceptors (Lipinski definition) is 5. The van der Waals surface area contributed by atoms with Crippen LogP contribution in [0.15, 0.2) is 58.7 Å². The Hall–Kier alpha value is -2.40. The van der Waals surface area contributed by atoms with Gasteiger partial charge in [0.05, 0.1) is 22.2 Å². The number of rotatable bonds is 7. The molecule has 2 N–H and O–H groups in total. The lowest BCUT2D eigenvalue weighted by Gasteiger charge is -2.15. The smallest absolute Gasteiger partial charge is 0.244 e. The maximum absolute atomic E-state index is 13.1. The van der Waals surface area contributed by atoms with Gasteiger partial charge in [-0.1, -0.05) is 23.4 Å². The number of imidazole rings is 1. The highest BCUT2D eigenvalue weighted by atomic mass is 35.5. The molecular weight excluding hydrogens is 463 g/mol. The summed E-state index contributed by atoms with van der Waals surface area (Å²) in [7, 11) is -0.951. The van der Waals surface area contributed by atoms with Crippen molar-refractivity contribution < 1.29 is 17.6 Å². The molecule has 0 aliphatic carbocycles. The average Bonchev–Trinajstić information content (AvgIpc) is 3.18. The number of benzene rings is 2. The number of anilines is 1. The van der Waals surface area contributed by atoms with Crippen LogP contribution in [0.4, 0.5) is 10.1 Å². The molecule has 2 aromatic carbocycles. The Balaban J connectivity index is 1.70. The summed E-state index contributed by atoms with van der Waals surface area (Å²) < 4.78 is 38.9. The van der Waals surface area contributed by atoms with Gasteiger partial charge in [-0.15, -0.1) is 0 Å². The number of H-pyrrole nitrogens is 1. The van der Waals surface area contributed by atoms with Gasteiger partial charge in [-0.25, -0.2) is 22.1 Å². The molecular formula is C20H20ClFN4O3S2. The van der Waals surface area contributed by atoms with Crippen molar-refractivity contribution in [3.05, 3.63) is 59.5 Å². The summed E-state index contributed by atoms with van der Waals surface area (Å²) in [6, 6.07) is 10.3. The molecule has 31 heavy (non-hydrogen) atoms. The van der Waals surface area contributed by atoms with E-state index in [0.717, 1.165) is 9.87 Å². The zero-order valence-corrected chi connectivity index (χ0v) is 19.3. The van der Waals surface area contributed by atoms with Crippen molar-refractivity contribution in [2.75, 3.05) is 19.4 Å². The number of sulfonamides is 1. The molecule has 0 radical (unpaired) electrons. The molecule has 0 aliphatic heterocycles. The largest absolute Gasteiger partial charge is 0.333 e. The first kappa shape index (κ1) is 23.3. The molecule has 0 aliphatic rings. The second-order valence-electron chi connectivity index (χ2n) is 6.79. The summed E-state index contributed by atoms with van der Waals surface area (Å²) in [5.74, 6) is -0.660. The Kier molecular flexibility index (Phi) is 7.05. The van der Waals surface area contributed by atoms with Crippen LogP contribution in [0.25, 0.3) is 11.3 Å². The molecule has 11 heteroatoms. The molecule has 3 aromatic rings.